The van der Waals surface area contributed by atoms with Crippen molar-refractivity contribution in [1.29, 1.82) is 0 Å². The van der Waals surface area contributed by atoms with Crippen molar-refractivity contribution in [3.8, 4) is 11.6 Å². The van der Waals surface area contributed by atoms with Crippen LogP contribution < -0.4 is 10.5 Å². The second-order valence-electron chi connectivity index (χ2n) is 3.35. The van der Waals surface area contributed by atoms with Gasteiger partial charge in [-0.05, 0) is 0 Å². The number of aromatic nitrogens is 1. The molecule has 0 atom stereocenters. The van der Waals surface area contributed by atoms with Gasteiger partial charge in [0.1, 0.15) is 11.6 Å². The lowest BCUT2D eigenvalue weighted by atomic mass is 10.3. The number of anilines is 1. The van der Waals surface area contributed by atoms with Crippen molar-refractivity contribution >= 4 is 5.69 Å². The third-order valence-electron chi connectivity index (χ3n) is 2.03. The Labute approximate surface area is 98.8 Å². The number of hydrogen-bond donors (Lipinski definition) is 1. The van der Waals surface area contributed by atoms with E-state index in [0.29, 0.717) is 24.4 Å². The molecule has 2 aromatic rings. The van der Waals surface area contributed by atoms with Gasteiger partial charge in [-0.15, -0.1) is 0 Å². The molecule has 7 heteroatoms. The third-order valence-corrected chi connectivity index (χ3v) is 2.03. The van der Waals surface area contributed by atoms with E-state index in [1.54, 1.807) is 0 Å². The van der Waals surface area contributed by atoms with Gasteiger partial charge in [-0.25, -0.2) is 22.5 Å². The summed E-state index contributed by atoms with van der Waals surface area (Å²) in [7, 11) is 0. The fourth-order valence-electron chi connectivity index (χ4n) is 1.20. The number of nitrogens with two attached hydrogens (primary N) is 1. The average Bonchev–Trinajstić information content (AvgIpc) is 2.29. The SMILES string of the molecule is Nc1cc(F)c(Oc2ncc(F)cc2F)cc1F. The smallest absolute Gasteiger partial charge is 0.256 e. The minimum Gasteiger partial charge on any atom is -0.433 e. The zero-order chi connectivity index (χ0) is 13.3. The van der Waals surface area contributed by atoms with Gasteiger partial charge >= 0.3 is 0 Å². The van der Waals surface area contributed by atoms with Crippen molar-refractivity contribution in [3.63, 3.8) is 0 Å². The Kier molecular flexibility index (Phi) is 3.05. The van der Waals surface area contributed by atoms with E-state index in [1.165, 1.54) is 0 Å². The van der Waals surface area contributed by atoms with Gasteiger partial charge in [0.25, 0.3) is 5.88 Å². The van der Waals surface area contributed by atoms with E-state index < -0.39 is 40.6 Å². The molecule has 0 amide bonds. The van der Waals surface area contributed by atoms with E-state index in [2.05, 4.69) is 4.98 Å². The fraction of sp³-hybridized carbons (Fsp3) is 0. The fourth-order valence-corrected chi connectivity index (χ4v) is 1.20. The first-order valence-electron chi connectivity index (χ1n) is 4.71. The molecule has 1 aromatic heterocycles. The number of nitrogen functional groups attached to an aromatic ring is 1. The highest BCUT2D eigenvalue weighted by Gasteiger charge is 2.13. The van der Waals surface area contributed by atoms with E-state index in [0.717, 1.165) is 0 Å². The standard InChI is InChI=1S/C11H6F4N2O/c12-5-1-8(15)11(17-4-5)18-10-3-6(13)9(16)2-7(10)14/h1-4H,16H2. The van der Waals surface area contributed by atoms with E-state index >= 15 is 0 Å². The molecule has 2 N–H and O–H groups in total. The lowest BCUT2D eigenvalue weighted by molar-refractivity contribution is 0.391. The summed E-state index contributed by atoms with van der Waals surface area (Å²) in [6.45, 7) is 0. The summed E-state index contributed by atoms with van der Waals surface area (Å²) in [4.78, 5) is 3.27. The monoisotopic (exact) mass is 258 g/mol. The van der Waals surface area contributed by atoms with Crippen LogP contribution in [0.15, 0.2) is 24.4 Å². The molecule has 1 heterocycles. The van der Waals surface area contributed by atoms with Crippen molar-refractivity contribution in [2.45, 2.75) is 0 Å². The predicted octanol–water partition coefficient (Wildman–Crippen LogP) is 3.01. The van der Waals surface area contributed by atoms with Crippen LogP contribution in [0, 0.1) is 23.3 Å². The number of pyridine rings is 1. The highest BCUT2D eigenvalue weighted by Crippen LogP contribution is 2.28. The van der Waals surface area contributed by atoms with Crippen LogP contribution in [0.3, 0.4) is 0 Å². The second-order valence-corrected chi connectivity index (χ2v) is 3.35. The van der Waals surface area contributed by atoms with Crippen LogP contribution >= 0.6 is 0 Å². The van der Waals surface area contributed by atoms with Crippen LogP contribution in [0.5, 0.6) is 11.6 Å². The number of halogens is 4. The van der Waals surface area contributed by atoms with E-state index in [1.807, 2.05) is 0 Å². The molecule has 0 saturated carbocycles. The van der Waals surface area contributed by atoms with Crippen molar-refractivity contribution in [2.24, 2.45) is 0 Å². The Morgan fingerprint density at radius 1 is 0.944 bits per heavy atom. The van der Waals surface area contributed by atoms with E-state index in [4.69, 9.17) is 10.5 Å². The summed E-state index contributed by atoms with van der Waals surface area (Å²) in [6.07, 6.45) is 0.685. The molecule has 0 aliphatic rings. The number of nitrogens with zero attached hydrogens (tertiary/aromatic N) is 1. The van der Waals surface area contributed by atoms with Gasteiger partial charge in [0.2, 0.25) is 0 Å². The van der Waals surface area contributed by atoms with Gasteiger partial charge in [0, 0.05) is 18.2 Å². The van der Waals surface area contributed by atoms with Gasteiger partial charge < -0.3 is 10.5 Å². The first-order chi connectivity index (χ1) is 8.47. The lowest BCUT2D eigenvalue weighted by Gasteiger charge is -2.07. The quantitative estimate of drug-likeness (QED) is 0.665. The molecule has 0 spiro atoms. The van der Waals surface area contributed by atoms with Gasteiger partial charge in [-0.2, -0.15) is 0 Å². The Morgan fingerprint density at radius 2 is 1.67 bits per heavy atom. The number of ether oxygens (including phenoxy) is 1. The molecule has 0 aliphatic heterocycles. The average molecular weight is 258 g/mol. The maximum absolute atomic E-state index is 13.3. The maximum atomic E-state index is 13.3. The predicted molar refractivity (Wildman–Crippen MR) is 55.0 cm³/mol. The highest BCUT2D eigenvalue weighted by molar-refractivity contribution is 5.45. The first kappa shape index (κ1) is 12.2. The van der Waals surface area contributed by atoms with Crippen LogP contribution in [-0.2, 0) is 0 Å². The van der Waals surface area contributed by atoms with Crippen molar-refractivity contribution in [3.05, 3.63) is 47.7 Å². The Morgan fingerprint density at radius 3 is 2.33 bits per heavy atom. The van der Waals surface area contributed by atoms with E-state index in [9.17, 15) is 17.6 Å². The molecule has 0 radical (unpaired) electrons. The Balaban J connectivity index is 2.37. The van der Waals surface area contributed by atoms with E-state index in [-0.39, 0.29) is 0 Å². The van der Waals surface area contributed by atoms with Crippen LogP contribution in [0.25, 0.3) is 0 Å². The highest BCUT2D eigenvalue weighted by atomic mass is 19.1. The van der Waals surface area contributed by atoms with Crippen molar-refractivity contribution < 1.29 is 22.3 Å². The molecule has 3 nitrogen and oxygen atoms in total. The zero-order valence-electron chi connectivity index (χ0n) is 8.75. The number of benzene rings is 1. The summed E-state index contributed by atoms with van der Waals surface area (Å²) >= 11 is 0. The summed E-state index contributed by atoms with van der Waals surface area (Å²) in [5, 5.41) is 0. The molecule has 1 aromatic carbocycles. The minimum absolute atomic E-state index is 0.410. The molecule has 2 rings (SSSR count). The molecular weight excluding hydrogens is 252 g/mol. The Bertz CT molecular complexity index is 604. The Hall–Kier alpha value is -2.31. The molecular formula is C11H6F4N2O. The first-order valence-corrected chi connectivity index (χ1v) is 4.71. The van der Waals surface area contributed by atoms with Crippen molar-refractivity contribution in [1.82, 2.24) is 4.98 Å². The van der Waals surface area contributed by atoms with Gasteiger partial charge in [-0.3, -0.25) is 0 Å². The molecule has 18 heavy (non-hydrogen) atoms. The largest absolute Gasteiger partial charge is 0.433 e. The summed E-state index contributed by atoms with van der Waals surface area (Å²) in [6, 6.07) is 1.84. The second kappa shape index (κ2) is 4.52. The third kappa shape index (κ3) is 2.34. The van der Waals surface area contributed by atoms with Crippen LogP contribution in [0.1, 0.15) is 0 Å². The lowest BCUT2D eigenvalue weighted by Crippen LogP contribution is -1.98. The molecule has 0 unspecified atom stereocenters. The van der Waals surface area contributed by atoms with Gasteiger partial charge in [0.05, 0.1) is 11.9 Å². The molecule has 0 aliphatic carbocycles. The summed E-state index contributed by atoms with van der Waals surface area (Å²) < 4.78 is 56.9. The van der Waals surface area contributed by atoms with Crippen molar-refractivity contribution in [2.75, 3.05) is 5.73 Å². The summed E-state index contributed by atoms with van der Waals surface area (Å²) in [5.74, 6) is -5.22. The minimum atomic E-state index is -1.13. The van der Waals surface area contributed by atoms with Crippen LogP contribution in [0.4, 0.5) is 23.2 Å². The molecule has 94 valence electrons. The maximum Gasteiger partial charge on any atom is 0.256 e. The molecule has 0 bridgehead atoms. The molecule has 0 saturated heterocycles. The van der Waals surface area contributed by atoms with Gasteiger partial charge in [0.15, 0.2) is 17.4 Å². The van der Waals surface area contributed by atoms with Gasteiger partial charge in [-0.1, -0.05) is 0 Å². The zero-order valence-corrected chi connectivity index (χ0v) is 8.75. The van der Waals surface area contributed by atoms with Crippen LogP contribution in [-0.4, -0.2) is 4.98 Å². The number of hydrogen-bond acceptors (Lipinski definition) is 3. The summed E-state index contributed by atoms with van der Waals surface area (Å²) in [5.41, 5.74) is 4.71. The normalized spacial score (nSPS) is 10.4. The molecule has 0 fully saturated rings. The number of rotatable bonds is 2. The topological polar surface area (TPSA) is 48.1 Å². The van der Waals surface area contributed by atoms with Crippen LogP contribution in [0.2, 0.25) is 0 Å².